The zero-order valence-electron chi connectivity index (χ0n) is 31.0. The third-order valence-corrected chi connectivity index (χ3v) is 9.10. The Kier molecular flexibility index (Phi) is 33.1. The predicted octanol–water partition coefficient (Wildman–Crippen LogP) is 8.93. The molecular formula is C39H74N2O7. The largest absolute Gasteiger partial charge is 0.480 e. The Hall–Kier alpha value is -2.16. The molecule has 0 rings (SSSR count). The van der Waals surface area contributed by atoms with Gasteiger partial charge in [0.25, 0.3) is 0 Å². The predicted molar refractivity (Wildman–Crippen MR) is 195 cm³/mol. The van der Waals surface area contributed by atoms with Crippen molar-refractivity contribution >= 4 is 23.8 Å². The number of hydrogen-bond donors (Lipinski definition) is 4. The Bertz CT molecular complexity index is 792. The first-order chi connectivity index (χ1) is 23.3. The first kappa shape index (κ1) is 45.8. The molecule has 2 amide bonds. The van der Waals surface area contributed by atoms with Crippen molar-refractivity contribution in [1.29, 1.82) is 0 Å². The topological polar surface area (TPSA) is 142 Å². The van der Waals surface area contributed by atoms with Gasteiger partial charge in [-0.25, -0.2) is 4.79 Å². The average Bonchev–Trinajstić information content (AvgIpc) is 3.07. The highest BCUT2D eigenvalue weighted by molar-refractivity contribution is 5.87. The van der Waals surface area contributed by atoms with Gasteiger partial charge >= 0.3 is 11.9 Å². The molecule has 0 bridgehead atoms. The minimum atomic E-state index is -1.38. The highest BCUT2D eigenvalue weighted by atomic mass is 16.5. The summed E-state index contributed by atoms with van der Waals surface area (Å²) in [7, 11) is 0. The molecule has 0 aromatic rings. The van der Waals surface area contributed by atoms with Crippen molar-refractivity contribution in [2.45, 2.75) is 212 Å². The van der Waals surface area contributed by atoms with Crippen molar-refractivity contribution in [3.8, 4) is 0 Å². The van der Waals surface area contributed by atoms with Crippen LogP contribution in [-0.4, -0.2) is 59.3 Å². The number of carboxylic acids is 1. The van der Waals surface area contributed by atoms with Gasteiger partial charge in [0.15, 0.2) is 0 Å². The van der Waals surface area contributed by atoms with Crippen LogP contribution in [-0.2, 0) is 23.9 Å². The van der Waals surface area contributed by atoms with Gasteiger partial charge < -0.3 is 25.6 Å². The molecule has 0 saturated heterocycles. The van der Waals surface area contributed by atoms with E-state index in [1.54, 1.807) is 0 Å². The third-order valence-electron chi connectivity index (χ3n) is 9.10. The second kappa shape index (κ2) is 34.7. The van der Waals surface area contributed by atoms with Crippen LogP contribution in [0.2, 0.25) is 0 Å². The van der Waals surface area contributed by atoms with E-state index in [9.17, 15) is 19.2 Å². The third kappa shape index (κ3) is 31.1. The molecule has 0 aromatic heterocycles. The Labute approximate surface area is 293 Å². The van der Waals surface area contributed by atoms with E-state index < -0.39 is 24.5 Å². The Morgan fingerprint density at radius 2 is 0.938 bits per heavy atom. The molecule has 0 aromatic carbocycles. The van der Waals surface area contributed by atoms with E-state index in [1.165, 1.54) is 109 Å². The zero-order chi connectivity index (χ0) is 35.5. The van der Waals surface area contributed by atoms with E-state index in [4.69, 9.17) is 14.9 Å². The number of aliphatic hydroxyl groups is 1. The molecule has 282 valence electrons. The Morgan fingerprint density at radius 1 is 0.542 bits per heavy atom. The molecule has 0 aliphatic carbocycles. The summed E-state index contributed by atoms with van der Waals surface area (Å²) < 4.78 is 5.99. The monoisotopic (exact) mass is 683 g/mol. The molecule has 0 radical (unpaired) electrons. The SMILES string of the molecule is CCCCCCCCCCCCCC(CCCCCCCC(=O)NCC(=O)NC(CO)C(=O)O)OC(=O)CCCCCCCCCCC. The number of amides is 2. The van der Waals surface area contributed by atoms with Crippen molar-refractivity contribution in [3.05, 3.63) is 0 Å². The van der Waals surface area contributed by atoms with Crippen LogP contribution in [0.3, 0.4) is 0 Å². The second-order valence-electron chi connectivity index (χ2n) is 13.7. The molecule has 0 heterocycles. The summed E-state index contributed by atoms with van der Waals surface area (Å²) in [4.78, 5) is 47.3. The number of carbonyl (C=O) groups excluding carboxylic acids is 3. The lowest BCUT2D eigenvalue weighted by Gasteiger charge is -2.18. The van der Waals surface area contributed by atoms with Crippen molar-refractivity contribution in [2.75, 3.05) is 13.2 Å². The number of rotatable bonds is 36. The average molecular weight is 683 g/mol. The lowest BCUT2D eigenvalue weighted by atomic mass is 10.0. The Morgan fingerprint density at radius 3 is 1.35 bits per heavy atom. The lowest BCUT2D eigenvalue weighted by Crippen LogP contribution is -2.47. The maximum Gasteiger partial charge on any atom is 0.328 e. The molecule has 48 heavy (non-hydrogen) atoms. The molecule has 0 saturated carbocycles. The van der Waals surface area contributed by atoms with Crippen molar-refractivity contribution in [3.63, 3.8) is 0 Å². The molecule has 2 unspecified atom stereocenters. The first-order valence-corrected chi connectivity index (χ1v) is 19.9. The van der Waals surface area contributed by atoms with Gasteiger partial charge in [-0.05, 0) is 38.5 Å². The van der Waals surface area contributed by atoms with Crippen LogP contribution in [0, 0.1) is 0 Å². The first-order valence-electron chi connectivity index (χ1n) is 19.9. The number of carboxylic acid groups (broad SMARTS) is 1. The number of carbonyl (C=O) groups is 4. The zero-order valence-corrected chi connectivity index (χ0v) is 31.0. The maximum atomic E-state index is 12.7. The van der Waals surface area contributed by atoms with Gasteiger partial charge in [-0.2, -0.15) is 0 Å². The highest BCUT2D eigenvalue weighted by Crippen LogP contribution is 2.19. The van der Waals surface area contributed by atoms with E-state index >= 15 is 0 Å². The fourth-order valence-corrected chi connectivity index (χ4v) is 6.01. The molecule has 2 atom stereocenters. The van der Waals surface area contributed by atoms with Crippen LogP contribution in [0.5, 0.6) is 0 Å². The van der Waals surface area contributed by atoms with Gasteiger partial charge in [-0.1, -0.05) is 149 Å². The standard InChI is InChI=1S/C39H74N2O7/c1-3-5-7-9-11-13-14-16-17-20-24-28-34(48-38(45)31-27-23-18-15-12-10-8-6-4-2)29-25-21-19-22-26-30-36(43)40-32-37(44)41-35(33-42)39(46)47/h34-35,42H,3-33H2,1-2H3,(H,40,43)(H,41,44)(H,46,47). The van der Waals surface area contributed by atoms with Gasteiger partial charge in [0, 0.05) is 12.8 Å². The van der Waals surface area contributed by atoms with Gasteiger partial charge in [-0.15, -0.1) is 0 Å². The summed E-state index contributed by atoms with van der Waals surface area (Å²) in [6.45, 7) is 3.47. The minimum Gasteiger partial charge on any atom is -0.480 e. The van der Waals surface area contributed by atoms with Crippen LogP contribution >= 0.6 is 0 Å². The summed E-state index contributed by atoms with van der Waals surface area (Å²) in [5.74, 6) is -2.28. The van der Waals surface area contributed by atoms with Crippen LogP contribution in [0.15, 0.2) is 0 Å². The number of aliphatic carboxylic acids is 1. The molecule has 0 spiro atoms. The van der Waals surface area contributed by atoms with Crippen molar-refractivity contribution in [2.24, 2.45) is 0 Å². The fourth-order valence-electron chi connectivity index (χ4n) is 6.01. The van der Waals surface area contributed by atoms with Crippen LogP contribution in [0.4, 0.5) is 0 Å². The van der Waals surface area contributed by atoms with Crippen LogP contribution < -0.4 is 10.6 Å². The smallest absolute Gasteiger partial charge is 0.328 e. The molecular weight excluding hydrogens is 608 g/mol. The van der Waals surface area contributed by atoms with E-state index in [0.29, 0.717) is 19.3 Å². The lowest BCUT2D eigenvalue weighted by molar-refractivity contribution is -0.150. The van der Waals surface area contributed by atoms with Gasteiger partial charge in [0.2, 0.25) is 11.8 Å². The highest BCUT2D eigenvalue weighted by Gasteiger charge is 2.19. The van der Waals surface area contributed by atoms with Gasteiger partial charge in [0.05, 0.1) is 13.2 Å². The molecule has 0 aliphatic rings. The molecule has 9 heteroatoms. The van der Waals surface area contributed by atoms with Gasteiger partial charge in [0.1, 0.15) is 12.1 Å². The number of hydrogen-bond acceptors (Lipinski definition) is 6. The number of nitrogens with one attached hydrogen (secondary N) is 2. The summed E-state index contributed by atoms with van der Waals surface area (Å²) in [5.41, 5.74) is 0. The summed E-state index contributed by atoms with van der Waals surface area (Å²) in [6, 6.07) is -1.38. The van der Waals surface area contributed by atoms with Crippen LogP contribution in [0.25, 0.3) is 0 Å². The maximum absolute atomic E-state index is 12.7. The minimum absolute atomic E-state index is 0.00175. The normalized spacial score (nSPS) is 12.4. The quantitative estimate of drug-likeness (QED) is 0.0382. The van der Waals surface area contributed by atoms with E-state index in [1.807, 2.05) is 0 Å². The summed E-state index contributed by atoms with van der Waals surface area (Å²) >= 11 is 0. The van der Waals surface area contributed by atoms with E-state index in [-0.39, 0.29) is 24.5 Å². The molecule has 0 fully saturated rings. The van der Waals surface area contributed by atoms with E-state index in [0.717, 1.165) is 57.8 Å². The number of unbranched alkanes of at least 4 members (excludes halogenated alkanes) is 22. The summed E-state index contributed by atoms with van der Waals surface area (Å²) in [6.07, 6.45) is 32.7. The number of aliphatic hydroxyl groups excluding tert-OH is 1. The van der Waals surface area contributed by atoms with E-state index in [2.05, 4.69) is 24.5 Å². The van der Waals surface area contributed by atoms with Crippen LogP contribution in [0.1, 0.15) is 200 Å². The molecule has 9 nitrogen and oxygen atoms in total. The second-order valence-corrected chi connectivity index (χ2v) is 13.7. The summed E-state index contributed by atoms with van der Waals surface area (Å²) in [5, 5.41) is 22.5. The number of ether oxygens (including phenoxy) is 1. The molecule has 4 N–H and O–H groups in total. The number of esters is 1. The van der Waals surface area contributed by atoms with Crippen molar-refractivity contribution < 1.29 is 34.1 Å². The van der Waals surface area contributed by atoms with Crippen molar-refractivity contribution in [1.82, 2.24) is 10.6 Å². The van der Waals surface area contributed by atoms with Gasteiger partial charge in [-0.3, -0.25) is 14.4 Å². The Balaban J connectivity index is 4.26. The fraction of sp³-hybridized carbons (Fsp3) is 0.897. The molecule has 0 aliphatic heterocycles.